The van der Waals surface area contributed by atoms with E-state index >= 15 is 0 Å². The fraction of sp³-hybridized carbons (Fsp3) is 0.643. The molecule has 0 aliphatic heterocycles. The highest BCUT2D eigenvalue weighted by Crippen LogP contribution is 2.35. The lowest BCUT2D eigenvalue weighted by atomic mass is 9.83. The molecule has 2 unspecified atom stereocenters. The van der Waals surface area contributed by atoms with E-state index in [4.69, 9.17) is 0 Å². The molecule has 19 heavy (non-hydrogen) atoms. The van der Waals surface area contributed by atoms with Crippen LogP contribution in [0.15, 0.2) is 18.3 Å². The van der Waals surface area contributed by atoms with Gasteiger partial charge in [0.1, 0.15) is 5.82 Å². The lowest BCUT2D eigenvalue weighted by Gasteiger charge is -2.32. The van der Waals surface area contributed by atoms with Gasteiger partial charge in [-0.1, -0.05) is 26.2 Å². The molecule has 1 fully saturated rings. The first kappa shape index (κ1) is 14.2. The van der Waals surface area contributed by atoms with Crippen LogP contribution in [0.1, 0.15) is 44.6 Å². The van der Waals surface area contributed by atoms with E-state index in [1.807, 2.05) is 0 Å². The summed E-state index contributed by atoms with van der Waals surface area (Å²) in [5, 5.41) is 3.03. The van der Waals surface area contributed by atoms with E-state index in [9.17, 15) is 13.2 Å². The number of hydrogen-bond donors (Lipinski definition) is 1. The van der Waals surface area contributed by atoms with Gasteiger partial charge in [-0.2, -0.15) is 13.2 Å². The Labute approximate surface area is 111 Å². The summed E-state index contributed by atoms with van der Waals surface area (Å²) in [6, 6.07) is 2.51. The van der Waals surface area contributed by atoms with E-state index in [1.165, 1.54) is 18.7 Å². The van der Waals surface area contributed by atoms with Gasteiger partial charge in [-0.3, -0.25) is 0 Å². The fourth-order valence-corrected chi connectivity index (χ4v) is 2.81. The Hall–Kier alpha value is -1.26. The number of hydrogen-bond acceptors (Lipinski definition) is 2. The van der Waals surface area contributed by atoms with Crippen LogP contribution in [-0.2, 0) is 6.18 Å². The van der Waals surface area contributed by atoms with Crippen LogP contribution in [0.25, 0.3) is 0 Å². The lowest BCUT2D eigenvalue weighted by Crippen LogP contribution is -2.33. The second-order valence-corrected chi connectivity index (χ2v) is 5.10. The number of aromatic nitrogens is 1. The van der Waals surface area contributed by atoms with E-state index in [2.05, 4.69) is 17.2 Å². The minimum absolute atomic E-state index is 0.0275. The molecule has 1 heterocycles. The summed E-state index contributed by atoms with van der Waals surface area (Å²) >= 11 is 0. The van der Waals surface area contributed by atoms with Crippen molar-refractivity contribution in [2.75, 3.05) is 5.32 Å². The molecule has 2 atom stereocenters. The van der Waals surface area contributed by atoms with Crippen LogP contribution in [0.5, 0.6) is 0 Å². The first-order chi connectivity index (χ1) is 9.02. The van der Waals surface area contributed by atoms with Crippen molar-refractivity contribution in [2.45, 2.75) is 51.2 Å². The van der Waals surface area contributed by atoms with Crippen molar-refractivity contribution < 1.29 is 13.2 Å². The maximum Gasteiger partial charge on any atom is 0.419 e. The van der Waals surface area contributed by atoms with Crippen LogP contribution in [0.4, 0.5) is 19.0 Å². The van der Waals surface area contributed by atoms with Crippen LogP contribution in [0.3, 0.4) is 0 Å². The molecule has 1 N–H and O–H groups in total. The summed E-state index contributed by atoms with van der Waals surface area (Å²) in [5.74, 6) is 0.414. The van der Waals surface area contributed by atoms with E-state index in [1.54, 1.807) is 0 Å². The molecule has 1 aromatic heterocycles. The highest BCUT2D eigenvalue weighted by atomic mass is 19.4. The molecule has 1 aliphatic carbocycles. The zero-order valence-corrected chi connectivity index (χ0v) is 11.0. The van der Waals surface area contributed by atoms with Crippen molar-refractivity contribution in [2.24, 2.45) is 5.92 Å². The van der Waals surface area contributed by atoms with E-state index in [0.717, 1.165) is 31.7 Å². The van der Waals surface area contributed by atoms with Gasteiger partial charge in [-0.25, -0.2) is 4.98 Å². The standard InChI is InChI=1S/C14H19F3N2/c1-2-10-6-3-4-8-12(10)19-13-11(14(15,16)17)7-5-9-18-13/h5,7,9-10,12H,2-4,6,8H2,1H3,(H,18,19). The Kier molecular flexibility index (Phi) is 4.32. The topological polar surface area (TPSA) is 24.9 Å². The van der Waals surface area contributed by atoms with Crippen LogP contribution < -0.4 is 5.32 Å². The van der Waals surface area contributed by atoms with Crippen molar-refractivity contribution >= 4 is 5.82 Å². The Bertz CT molecular complexity index is 417. The molecule has 0 bridgehead atoms. The van der Waals surface area contributed by atoms with Gasteiger partial charge in [0, 0.05) is 12.2 Å². The first-order valence-electron chi connectivity index (χ1n) is 6.81. The fourth-order valence-electron chi connectivity index (χ4n) is 2.81. The molecule has 0 spiro atoms. The normalized spacial score (nSPS) is 24.2. The quantitative estimate of drug-likeness (QED) is 0.877. The SMILES string of the molecule is CCC1CCCCC1Nc1ncccc1C(F)(F)F. The summed E-state index contributed by atoms with van der Waals surface area (Å²) in [5.41, 5.74) is -0.671. The smallest absolute Gasteiger partial charge is 0.367 e. The molecule has 2 rings (SSSR count). The number of alkyl halides is 3. The summed E-state index contributed by atoms with van der Waals surface area (Å²) in [4.78, 5) is 3.88. The van der Waals surface area contributed by atoms with Crippen LogP contribution >= 0.6 is 0 Å². The predicted molar refractivity (Wildman–Crippen MR) is 68.9 cm³/mol. The van der Waals surface area contributed by atoms with Gasteiger partial charge in [0.15, 0.2) is 0 Å². The summed E-state index contributed by atoms with van der Waals surface area (Å²) in [7, 11) is 0. The number of halogens is 3. The van der Waals surface area contributed by atoms with Crippen LogP contribution in [0.2, 0.25) is 0 Å². The third-order valence-electron chi connectivity index (χ3n) is 3.87. The maximum absolute atomic E-state index is 12.9. The number of nitrogens with zero attached hydrogens (tertiary/aromatic N) is 1. The third-order valence-corrected chi connectivity index (χ3v) is 3.87. The molecular formula is C14H19F3N2. The Balaban J connectivity index is 2.18. The van der Waals surface area contributed by atoms with Gasteiger partial charge in [-0.05, 0) is 30.9 Å². The molecule has 106 valence electrons. The first-order valence-corrected chi connectivity index (χ1v) is 6.81. The predicted octanol–water partition coefficient (Wildman–Crippen LogP) is 4.48. The van der Waals surface area contributed by atoms with Gasteiger partial charge in [0.05, 0.1) is 5.56 Å². The number of nitrogens with one attached hydrogen (secondary N) is 1. The van der Waals surface area contributed by atoms with E-state index in [0.29, 0.717) is 5.92 Å². The maximum atomic E-state index is 12.9. The van der Waals surface area contributed by atoms with Crippen molar-refractivity contribution in [3.05, 3.63) is 23.9 Å². The van der Waals surface area contributed by atoms with Crippen molar-refractivity contribution in [1.82, 2.24) is 4.98 Å². The largest absolute Gasteiger partial charge is 0.419 e. The van der Waals surface area contributed by atoms with Crippen LogP contribution in [0, 0.1) is 5.92 Å². The molecule has 2 nitrogen and oxygen atoms in total. The molecular weight excluding hydrogens is 253 g/mol. The number of anilines is 1. The molecule has 1 saturated carbocycles. The van der Waals surface area contributed by atoms with Gasteiger partial charge in [0.2, 0.25) is 0 Å². The van der Waals surface area contributed by atoms with Crippen molar-refractivity contribution in [3.63, 3.8) is 0 Å². The van der Waals surface area contributed by atoms with Crippen molar-refractivity contribution in [3.8, 4) is 0 Å². The summed E-state index contributed by atoms with van der Waals surface area (Å²) in [6.07, 6.45) is 2.29. The second-order valence-electron chi connectivity index (χ2n) is 5.10. The second kappa shape index (κ2) is 5.80. The van der Waals surface area contributed by atoms with Crippen LogP contribution in [-0.4, -0.2) is 11.0 Å². The Morgan fingerprint density at radius 1 is 1.32 bits per heavy atom. The molecule has 0 aromatic carbocycles. The van der Waals surface area contributed by atoms with E-state index in [-0.39, 0.29) is 11.9 Å². The number of pyridine rings is 1. The molecule has 0 radical (unpaired) electrons. The van der Waals surface area contributed by atoms with Crippen molar-refractivity contribution in [1.29, 1.82) is 0 Å². The zero-order chi connectivity index (χ0) is 13.9. The highest BCUT2D eigenvalue weighted by molar-refractivity contribution is 5.46. The average Bonchev–Trinajstić information content (AvgIpc) is 2.39. The van der Waals surface area contributed by atoms with E-state index < -0.39 is 11.7 Å². The Morgan fingerprint density at radius 2 is 2.05 bits per heavy atom. The average molecular weight is 272 g/mol. The molecule has 0 amide bonds. The highest BCUT2D eigenvalue weighted by Gasteiger charge is 2.35. The summed E-state index contributed by atoms with van der Waals surface area (Å²) in [6.45, 7) is 2.09. The van der Waals surface area contributed by atoms with Gasteiger partial charge in [-0.15, -0.1) is 0 Å². The van der Waals surface area contributed by atoms with Gasteiger partial charge >= 0.3 is 6.18 Å². The molecule has 0 saturated heterocycles. The minimum Gasteiger partial charge on any atom is -0.367 e. The zero-order valence-electron chi connectivity index (χ0n) is 11.0. The minimum atomic E-state index is -4.35. The molecule has 1 aromatic rings. The summed E-state index contributed by atoms with van der Waals surface area (Å²) < 4.78 is 38.7. The lowest BCUT2D eigenvalue weighted by molar-refractivity contribution is -0.137. The van der Waals surface area contributed by atoms with Gasteiger partial charge < -0.3 is 5.32 Å². The molecule has 1 aliphatic rings. The Morgan fingerprint density at radius 3 is 2.74 bits per heavy atom. The molecule has 5 heteroatoms. The number of rotatable bonds is 3. The third kappa shape index (κ3) is 3.39. The monoisotopic (exact) mass is 272 g/mol. The van der Waals surface area contributed by atoms with Gasteiger partial charge in [0.25, 0.3) is 0 Å².